The van der Waals surface area contributed by atoms with Gasteiger partial charge in [-0.2, -0.15) is 0 Å². The second-order valence-electron chi connectivity index (χ2n) is 6.87. The number of carbonyl (C=O) groups is 2. The zero-order valence-electron chi connectivity index (χ0n) is 11.3. The SMILES string of the molecule is CC1(C)CCC[C@]2(C)C3=C(COC3=O)C(=O)CC12. The minimum absolute atomic E-state index is 0.129. The molecule has 0 bridgehead atoms. The zero-order valence-corrected chi connectivity index (χ0v) is 11.3. The van der Waals surface area contributed by atoms with Gasteiger partial charge in [0.15, 0.2) is 5.78 Å². The molecule has 3 rings (SSSR count). The normalized spacial score (nSPS) is 38.3. The van der Waals surface area contributed by atoms with Crippen LogP contribution in [0, 0.1) is 16.7 Å². The molecule has 3 nitrogen and oxygen atoms in total. The minimum Gasteiger partial charge on any atom is -0.457 e. The predicted molar refractivity (Wildman–Crippen MR) is 66.8 cm³/mol. The van der Waals surface area contributed by atoms with Gasteiger partial charge in [0.2, 0.25) is 0 Å². The summed E-state index contributed by atoms with van der Waals surface area (Å²) in [7, 11) is 0. The average molecular weight is 248 g/mol. The van der Waals surface area contributed by atoms with E-state index in [4.69, 9.17) is 4.74 Å². The van der Waals surface area contributed by atoms with Gasteiger partial charge in [-0.3, -0.25) is 4.79 Å². The Labute approximate surface area is 108 Å². The molecule has 98 valence electrons. The molecule has 1 unspecified atom stereocenters. The molecular formula is C15H20O3. The molecule has 1 saturated carbocycles. The summed E-state index contributed by atoms with van der Waals surface area (Å²) in [6.45, 7) is 6.82. The van der Waals surface area contributed by atoms with Crippen LogP contribution < -0.4 is 0 Å². The van der Waals surface area contributed by atoms with Crippen LogP contribution in [0.25, 0.3) is 0 Å². The van der Waals surface area contributed by atoms with Crippen LogP contribution in [-0.2, 0) is 14.3 Å². The van der Waals surface area contributed by atoms with Crippen molar-refractivity contribution in [1.29, 1.82) is 0 Å². The lowest BCUT2D eigenvalue weighted by Crippen LogP contribution is -2.48. The predicted octanol–water partition coefficient (Wildman–Crippen LogP) is 2.65. The Bertz CT molecular complexity index is 472. The summed E-state index contributed by atoms with van der Waals surface area (Å²) in [5, 5.41) is 0. The third kappa shape index (κ3) is 1.36. The van der Waals surface area contributed by atoms with Crippen LogP contribution in [0.1, 0.15) is 46.5 Å². The molecule has 0 saturated heterocycles. The molecule has 2 atom stereocenters. The topological polar surface area (TPSA) is 43.4 Å². The lowest BCUT2D eigenvalue weighted by atomic mass is 9.50. The number of hydrogen-bond acceptors (Lipinski definition) is 3. The summed E-state index contributed by atoms with van der Waals surface area (Å²) in [5.41, 5.74) is 1.34. The molecule has 3 heteroatoms. The molecule has 1 aliphatic heterocycles. The summed E-state index contributed by atoms with van der Waals surface area (Å²) < 4.78 is 5.12. The molecule has 0 aromatic heterocycles. The van der Waals surface area contributed by atoms with E-state index in [2.05, 4.69) is 20.8 Å². The molecule has 0 aromatic carbocycles. The number of carbonyl (C=O) groups excluding carboxylic acids is 2. The first-order chi connectivity index (χ1) is 8.36. The summed E-state index contributed by atoms with van der Waals surface area (Å²) in [6, 6.07) is 0. The van der Waals surface area contributed by atoms with Gasteiger partial charge in [0.1, 0.15) is 6.61 Å². The fourth-order valence-corrected chi connectivity index (χ4v) is 4.43. The fraction of sp³-hybridized carbons (Fsp3) is 0.733. The van der Waals surface area contributed by atoms with Gasteiger partial charge in [0.05, 0.1) is 5.57 Å². The summed E-state index contributed by atoms with van der Waals surface area (Å²) in [4.78, 5) is 24.2. The van der Waals surface area contributed by atoms with Crippen molar-refractivity contribution in [1.82, 2.24) is 0 Å². The number of ketones is 1. The number of esters is 1. The van der Waals surface area contributed by atoms with E-state index in [-0.39, 0.29) is 35.1 Å². The van der Waals surface area contributed by atoms with E-state index in [1.165, 1.54) is 0 Å². The Morgan fingerprint density at radius 3 is 2.61 bits per heavy atom. The Morgan fingerprint density at radius 1 is 1.17 bits per heavy atom. The van der Waals surface area contributed by atoms with Gasteiger partial charge in [-0.25, -0.2) is 4.79 Å². The number of fused-ring (bicyclic) bond motifs is 2. The van der Waals surface area contributed by atoms with E-state index in [0.717, 1.165) is 19.3 Å². The molecular weight excluding hydrogens is 228 g/mol. The minimum atomic E-state index is -0.247. The highest BCUT2D eigenvalue weighted by Crippen LogP contribution is 2.59. The molecule has 1 fully saturated rings. The van der Waals surface area contributed by atoms with Crippen LogP contribution in [-0.4, -0.2) is 18.4 Å². The van der Waals surface area contributed by atoms with Crippen molar-refractivity contribution in [3.05, 3.63) is 11.1 Å². The van der Waals surface area contributed by atoms with Crippen molar-refractivity contribution in [3.8, 4) is 0 Å². The summed E-state index contributed by atoms with van der Waals surface area (Å²) in [5.74, 6) is 0.159. The lowest BCUT2D eigenvalue weighted by Gasteiger charge is -2.52. The number of Topliss-reactive ketones (excluding diaryl/α,β-unsaturated/α-hetero) is 1. The lowest BCUT2D eigenvalue weighted by molar-refractivity contribution is -0.138. The number of hydrogen-bond donors (Lipinski definition) is 0. The van der Waals surface area contributed by atoms with Crippen molar-refractivity contribution < 1.29 is 14.3 Å². The van der Waals surface area contributed by atoms with Gasteiger partial charge in [0, 0.05) is 17.4 Å². The maximum absolute atomic E-state index is 12.2. The second kappa shape index (κ2) is 3.46. The molecule has 1 heterocycles. The van der Waals surface area contributed by atoms with Crippen molar-refractivity contribution in [2.45, 2.75) is 46.5 Å². The van der Waals surface area contributed by atoms with Crippen molar-refractivity contribution in [3.63, 3.8) is 0 Å². The van der Waals surface area contributed by atoms with E-state index in [9.17, 15) is 9.59 Å². The number of ether oxygens (including phenoxy) is 1. The Hall–Kier alpha value is -1.12. The van der Waals surface area contributed by atoms with Gasteiger partial charge in [-0.05, 0) is 24.2 Å². The van der Waals surface area contributed by atoms with E-state index in [0.29, 0.717) is 17.6 Å². The van der Waals surface area contributed by atoms with E-state index >= 15 is 0 Å². The third-order valence-electron chi connectivity index (χ3n) is 5.38. The Morgan fingerprint density at radius 2 is 1.89 bits per heavy atom. The highest BCUT2D eigenvalue weighted by atomic mass is 16.5. The van der Waals surface area contributed by atoms with E-state index in [1.54, 1.807) is 0 Å². The monoisotopic (exact) mass is 248 g/mol. The van der Waals surface area contributed by atoms with Gasteiger partial charge in [-0.1, -0.05) is 27.2 Å². The van der Waals surface area contributed by atoms with Gasteiger partial charge < -0.3 is 4.74 Å². The van der Waals surface area contributed by atoms with Crippen LogP contribution in [0.5, 0.6) is 0 Å². The van der Waals surface area contributed by atoms with Crippen LogP contribution in [0.4, 0.5) is 0 Å². The highest BCUT2D eigenvalue weighted by Gasteiger charge is 2.56. The van der Waals surface area contributed by atoms with Crippen LogP contribution in [0.15, 0.2) is 11.1 Å². The Balaban J connectivity index is 2.15. The van der Waals surface area contributed by atoms with Crippen LogP contribution in [0.2, 0.25) is 0 Å². The molecule has 3 aliphatic rings. The standard InChI is InChI=1S/C15H20O3/c1-14(2)5-4-6-15(3)11(14)7-10(16)9-8-18-13(17)12(9)15/h11H,4-8H2,1-3H3/t11?,15-/m0/s1. The zero-order chi connectivity index (χ0) is 13.1. The quantitative estimate of drug-likeness (QED) is 0.619. The van der Waals surface area contributed by atoms with Gasteiger partial charge >= 0.3 is 5.97 Å². The molecule has 2 aliphatic carbocycles. The number of rotatable bonds is 0. The molecule has 0 amide bonds. The second-order valence-corrected chi connectivity index (χ2v) is 6.87. The van der Waals surface area contributed by atoms with Crippen molar-refractivity contribution in [2.24, 2.45) is 16.7 Å². The van der Waals surface area contributed by atoms with E-state index < -0.39 is 0 Å². The fourth-order valence-electron chi connectivity index (χ4n) is 4.43. The molecule has 0 N–H and O–H groups in total. The summed E-state index contributed by atoms with van der Waals surface area (Å²) >= 11 is 0. The van der Waals surface area contributed by atoms with Crippen LogP contribution in [0.3, 0.4) is 0 Å². The van der Waals surface area contributed by atoms with E-state index in [1.807, 2.05) is 0 Å². The maximum Gasteiger partial charge on any atom is 0.335 e. The first-order valence-electron chi connectivity index (χ1n) is 6.80. The molecule has 0 aromatic rings. The summed E-state index contributed by atoms with van der Waals surface area (Å²) in [6.07, 6.45) is 3.84. The van der Waals surface area contributed by atoms with Gasteiger partial charge in [0.25, 0.3) is 0 Å². The first-order valence-corrected chi connectivity index (χ1v) is 6.80. The molecule has 18 heavy (non-hydrogen) atoms. The molecule has 0 spiro atoms. The van der Waals surface area contributed by atoms with Crippen molar-refractivity contribution in [2.75, 3.05) is 6.61 Å². The first kappa shape index (κ1) is 11.9. The maximum atomic E-state index is 12.2. The van der Waals surface area contributed by atoms with Gasteiger partial charge in [-0.15, -0.1) is 0 Å². The average Bonchev–Trinajstić information content (AvgIpc) is 2.66. The number of cyclic esters (lactones) is 1. The third-order valence-corrected chi connectivity index (χ3v) is 5.38. The highest BCUT2D eigenvalue weighted by molar-refractivity contribution is 6.09. The Kier molecular flexibility index (Phi) is 2.30. The van der Waals surface area contributed by atoms with Crippen molar-refractivity contribution >= 4 is 11.8 Å². The molecule has 0 radical (unpaired) electrons. The smallest absolute Gasteiger partial charge is 0.335 e. The van der Waals surface area contributed by atoms with Crippen LogP contribution >= 0.6 is 0 Å². The largest absolute Gasteiger partial charge is 0.457 e.